The lowest BCUT2D eigenvalue weighted by Crippen LogP contribution is -2.47. The second kappa shape index (κ2) is 11.0. The fraction of sp³-hybridized carbons (Fsp3) is 0.591. The van der Waals surface area contributed by atoms with Crippen LogP contribution >= 0.6 is 0 Å². The first-order valence-corrected chi connectivity index (χ1v) is 10.8. The highest BCUT2D eigenvalue weighted by Gasteiger charge is 2.22. The van der Waals surface area contributed by atoms with Crippen molar-refractivity contribution in [2.45, 2.75) is 58.7 Å². The molecular formula is C22H34N6O2. The number of nitrogens with zero attached hydrogens (tertiary/aromatic N) is 4. The number of hydrogen-bond acceptors (Lipinski definition) is 5. The summed E-state index contributed by atoms with van der Waals surface area (Å²) < 4.78 is 12.9. The van der Waals surface area contributed by atoms with E-state index in [1.165, 1.54) is 5.56 Å². The number of fused-ring (bicyclic) bond motifs is 1. The van der Waals surface area contributed by atoms with Crippen LogP contribution in [0.5, 0.6) is 5.75 Å². The molecule has 0 radical (unpaired) electrons. The monoisotopic (exact) mass is 414 g/mol. The zero-order valence-corrected chi connectivity index (χ0v) is 18.5. The molecule has 0 fully saturated rings. The number of nitrogens with one attached hydrogen (secondary N) is 2. The maximum absolute atomic E-state index is 5.83. The molecule has 1 aliphatic rings. The SMILES string of the molecule is CCNC(=NCCOc1ccc(C(C)C)cc1)NC1CCc2nc(COC)nn2C1. The van der Waals surface area contributed by atoms with Crippen LogP contribution < -0.4 is 15.4 Å². The van der Waals surface area contributed by atoms with E-state index in [4.69, 9.17) is 9.47 Å². The molecule has 8 nitrogen and oxygen atoms in total. The van der Waals surface area contributed by atoms with Crippen molar-refractivity contribution in [3.8, 4) is 5.75 Å². The molecule has 1 aromatic heterocycles. The number of rotatable bonds is 9. The fourth-order valence-corrected chi connectivity index (χ4v) is 3.45. The first kappa shape index (κ1) is 22.1. The number of hydrogen-bond donors (Lipinski definition) is 2. The molecule has 0 aliphatic carbocycles. The number of guanidine groups is 1. The molecule has 1 atom stereocenters. The lowest BCUT2D eigenvalue weighted by molar-refractivity contribution is 0.177. The van der Waals surface area contributed by atoms with Crippen LogP contribution in [0.15, 0.2) is 29.3 Å². The minimum Gasteiger partial charge on any atom is -0.492 e. The summed E-state index contributed by atoms with van der Waals surface area (Å²) in [5.74, 6) is 3.98. The van der Waals surface area contributed by atoms with Crippen LogP contribution in [0, 0.1) is 0 Å². The minimum absolute atomic E-state index is 0.261. The number of methoxy groups -OCH3 is 1. The molecule has 0 spiro atoms. The molecule has 30 heavy (non-hydrogen) atoms. The Balaban J connectivity index is 1.49. The molecule has 0 amide bonds. The Morgan fingerprint density at radius 3 is 2.80 bits per heavy atom. The number of aliphatic imine (C=N–C) groups is 1. The average Bonchev–Trinajstić information content (AvgIpc) is 3.13. The predicted octanol–water partition coefficient (Wildman–Crippen LogP) is 2.50. The van der Waals surface area contributed by atoms with Gasteiger partial charge in [0.15, 0.2) is 11.8 Å². The van der Waals surface area contributed by atoms with Gasteiger partial charge >= 0.3 is 0 Å². The van der Waals surface area contributed by atoms with E-state index in [-0.39, 0.29) is 6.04 Å². The van der Waals surface area contributed by atoms with Crippen LogP contribution in [0.3, 0.4) is 0 Å². The summed E-state index contributed by atoms with van der Waals surface area (Å²) >= 11 is 0. The van der Waals surface area contributed by atoms with Crippen LogP contribution in [-0.4, -0.2) is 53.6 Å². The zero-order chi connectivity index (χ0) is 21.3. The van der Waals surface area contributed by atoms with Crippen molar-refractivity contribution >= 4 is 5.96 Å². The van der Waals surface area contributed by atoms with Gasteiger partial charge in [0, 0.05) is 26.1 Å². The Morgan fingerprint density at radius 2 is 2.10 bits per heavy atom. The zero-order valence-electron chi connectivity index (χ0n) is 18.5. The van der Waals surface area contributed by atoms with Crippen molar-refractivity contribution in [1.29, 1.82) is 0 Å². The Hall–Kier alpha value is -2.61. The van der Waals surface area contributed by atoms with E-state index < -0.39 is 0 Å². The normalized spacial score (nSPS) is 16.4. The third-order valence-corrected chi connectivity index (χ3v) is 5.04. The van der Waals surface area contributed by atoms with Gasteiger partial charge in [-0.1, -0.05) is 26.0 Å². The van der Waals surface area contributed by atoms with E-state index in [0.29, 0.717) is 25.7 Å². The van der Waals surface area contributed by atoms with Crippen molar-refractivity contribution in [2.75, 3.05) is 26.8 Å². The van der Waals surface area contributed by atoms with Gasteiger partial charge < -0.3 is 20.1 Å². The molecule has 0 bridgehead atoms. The van der Waals surface area contributed by atoms with Gasteiger partial charge in [-0.3, -0.25) is 0 Å². The van der Waals surface area contributed by atoms with Gasteiger partial charge in [0.25, 0.3) is 0 Å². The van der Waals surface area contributed by atoms with Crippen molar-refractivity contribution < 1.29 is 9.47 Å². The van der Waals surface area contributed by atoms with Gasteiger partial charge in [-0.05, 0) is 37.0 Å². The van der Waals surface area contributed by atoms with Crippen molar-refractivity contribution in [2.24, 2.45) is 4.99 Å². The number of ether oxygens (including phenoxy) is 2. The smallest absolute Gasteiger partial charge is 0.191 e. The lowest BCUT2D eigenvalue weighted by Gasteiger charge is -2.25. The number of benzene rings is 1. The van der Waals surface area contributed by atoms with E-state index in [0.717, 1.165) is 49.3 Å². The molecule has 0 saturated carbocycles. The summed E-state index contributed by atoms with van der Waals surface area (Å²) in [6, 6.07) is 8.55. The molecule has 2 N–H and O–H groups in total. The highest BCUT2D eigenvalue weighted by Crippen LogP contribution is 2.18. The summed E-state index contributed by atoms with van der Waals surface area (Å²) in [7, 11) is 1.66. The molecule has 8 heteroatoms. The van der Waals surface area contributed by atoms with E-state index >= 15 is 0 Å². The summed E-state index contributed by atoms with van der Waals surface area (Å²) in [5, 5.41) is 11.4. The first-order valence-electron chi connectivity index (χ1n) is 10.8. The highest BCUT2D eigenvalue weighted by molar-refractivity contribution is 5.80. The first-order chi connectivity index (χ1) is 14.6. The van der Waals surface area contributed by atoms with Gasteiger partial charge in [0.05, 0.1) is 13.1 Å². The summed E-state index contributed by atoms with van der Waals surface area (Å²) in [6.07, 6.45) is 1.89. The molecule has 2 aromatic rings. The van der Waals surface area contributed by atoms with Crippen molar-refractivity contribution in [1.82, 2.24) is 25.4 Å². The molecule has 2 heterocycles. The molecule has 3 rings (SSSR count). The van der Waals surface area contributed by atoms with E-state index in [2.05, 4.69) is 58.6 Å². The third kappa shape index (κ3) is 6.19. The largest absolute Gasteiger partial charge is 0.492 e. The lowest BCUT2D eigenvalue weighted by atomic mass is 10.0. The maximum Gasteiger partial charge on any atom is 0.191 e. The quantitative estimate of drug-likeness (QED) is 0.373. The number of aryl methyl sites for hydroxylation is 1. The summed E-state index contributed by atoms with van der Waals surface area (Å²) in [6.45, 7) is 9.59. The second-order valence-corrected chi connectivity index (χ2v) is 7.77. The summed E-state index contributed by atoms with van der Waals surface area (Å²) in [4.78, 5) is 9.19. The fourth-order valence-electron chi connectivity index (χ4n) is 3.45. The Morgan fingerprint density at radius 1 is 1.30 bits per heavy atom. The standard InChI is InChI=1S/C22H34N6O2/c1-5-23-22(24-12-13-30-19-9-6-17(7-10-19)16(2)3)25-18-8-11-21-26-20(15-29-4)27-28(21)14-18/h6-7,9-10,16,18H,5,8,11-15H2,1-4H3,(H2,23,24,25). The topological polar surface area (TPSA) is 85.6 Å². The molecule has 1 aromatic carbocycles. The third-order valence-electron chi connectivity index (χ3n) is 5.04. The second-order valence-electron chi connectivity index (χ2n) is 7.77. The van der Waals surface area contributed by atoms with E-state index in [1.807, 2.05) is 16.8 Å². The van der Waals surface area contributed by atoms with E-state index in [9.17, 15) is 0 Å². The van der Waals surface area contributed by atoms with Crippen molar-refractivity contribution in [3.05, 3.63) is 41.5 Å². The molecule has 164 valence electrons. The molecule has 0 saturated heterocycles. The molecule has 1 unspecified atom stereocenters. The van der Waals surface area contributed by atoms with Crippen LogP contribution in [0.2, 0.25) is 0 Å². The number of aromatic nitrogens is 3. The van der Waals surface area contributed by atoms with Crippen LogP contribution in [0.4, 0.5) is 0 Å². The highest BCUT2D eigenvalue weighted by atomic mass is 16.5. The van der Waals surface area contributed by atoms with Gasteiger partial charge in [-0.2, -0.15) is 5.10 Å². The van der Waals surface area contributed by atoms with Gasteiger partial charge in [-0.25, -0.2) is 14.7 Å². The Bertz CT molecular complexity index is 816. The van der Waals surface area contributed by atoms with Gasteiger partial charge in [0.1, 0.15) is 24.8 Å². The van der Waals surface area contributed by atoms with Crippen LogP contribution in [-0.2, 0) is 24.3 Å². The molecular weight excluding hydrogens is 380 g/mol. The van der Waals surface area contributed by atoms with Crippen LogP contribution in [0.1, 0.15) is 50.3 Å². The summed E-state index contributed by atoms with van der Waals surface area (Å²) in [5.41, 5.74) is 1.32. The van der Waals surface area contributed by atoms with Gasteiger partial charge in [0.2, 0.25) is 0 Å². The maximum atomic E-state index is 5.83. The average molecular weight is 415 g/mol. The predicted molar refractivity (Wildman–Crippen MR) is 118 cm³/mol. The van der Waals surface area contributed by atoms with Crippen LogP contribution in [0.25, 0.3) is 0 Å². The van der Waals surface area contributed by atoms with E-state index in [1.54, 1.807) is 7.11 Å². The Labute approximate surface area is 179 Å². The molecule has 1 aliphatic heterocycles. The van der Waals surface area contributed by atoms with Crippen molar-refractivity contribution in [3.63, 3.8) is 0 Å². The Kier molecular flexibility index (Phi) is 8.07. The van der Waals surface area contributed by atoms with Gasteiger partial charge in [-0.15, -0.1) is 0 Å². The minimum atomic E-state index is 0.261.